The molecule has 6 nitrogen and oxygen atoms in total. The van der Waals surface area contributed by atoms with E-state index in [1.54, 1.807) is 13.2 Å². The van der Waals surface area contributed by atoms with Crippen molar-refractivity contribution in [3.8, 4) is 5.88 Å². The number of nitrogens with zero attached hydrogens (tertiary/aromatic N) is 1. The number of hydrogen-bond donors (Lipinski definition) is 1. The number of rotatable bonds is 8. The Balaban J connectivity index is 2.22. The molecular formula is C17H22N2O4. The summed E-state index contributed by atoms with van der Waals surface area (Å²) in [4.78, 5) is 4.44. The molecule has 1 aromatic heterocycles. The molecular weight excluding hydrogens is 296 g/mol. The van der Waals surface area contributed by atoms with Crippen LogP contribution in [0.2, 0.25) is 0 Å². The smallest absolute Gasteiger partial charge is 0.316 e. The first-order chi connectivity index (χ1) is 11.2. The number of ether oxygens (including phenoxy) is 4. The van der Waals surface area contributed by atoms with Gasteiger partial charge in [0.25, 0.3) is 0 Å². The highest BCUT2D eigenvalue weighted by atomic mass is 16.9. The molecule has 0 saturated carbocycles. The molecule has 0 aliphatic carbocycles. The van der Waals surface area contributed by atoms with Gasteiger partial charge in [0.05, 0.1) is 7.11 Å². The van der Waals surface area contributed by atoms with E-state index in [4.69, 9.17) is 18.9 Å². The maximum absolute atomic E-state index is 5.36. The molecule has 0 amide bonds. The number of hydrogen-bond acceptors (Lipinski definition) is 6. The minimum Gasteiger partial charge on any atom is -0.481 e. The maximum atomic E-state index is 5.36. The van der Waals surface area contributed by atoms with Gasteiger partial charge in [-0.15, -0.1) is 0 Å². The molecule has 0 radical (unpaired) electrons. The third-order valence-corrected chi connectivity index (χ3v) is 3.51. The Morgan fingerprint density at radius 1 is 0.913 bits per heavy atom. The van der Waals surface area contributed by atoms with Crippen molar-refractivity contribution in [2.45, 2.75) is 12.5 Å². The summed E-state index contributed by atoms with van der Waals surface area (Å²) in [5.74, 6) is -0.295. The molecule has 6 heteroatoms. The number of anilines is 1. The van der Waals surface area contributed by atoms with Crippen LogP contribution in [0.1, 0.15) is 11.1 Å². The highest BCUT2D eigenvalue weighted by Crippen LogP contribution is 2.33. The van der Waals surface area contributed by atoms with Crippen LogP contribution in [0.3, 0.4) is 0 Å². The third kappa shape index (κ3) is 3.79. The molecule has 0 aliphatic rings. The summed E-state index contributed by atoms with van der Waals surface area (Å²) in [6, 6.07) is 13.7. The summed E-state index contributed by atoms with van der Waals surface area (Å²) in [6.07, 6.45) is 0. The first-order valence-electron chi connectivity index (χ1n) is 7.18. The van der Waals surface area contributed by atoms with Gasteiger partial charge < -0.3 is 24.3 Å². The van der Waals surface area contributed by atoms with Crippen molar-refractivity contribution in [3.63, 3.8) is 0 Å². The monoisotopic (exact) mass is 318 g/mol. The van der Waals surface area contributed by atoms with E-state index in [0.717, 1.165) is 5.56 Å². The predicted octanol–water partition coefficient (Wildman–Crippen LogP) is 2.75. The van der Waals surface area contributed by atoms with E-state index in [1.807, 2.05) is 36.4 Å². The van der Waals surface area contributed by atoms with Gasteiger partial charge in [0.2, 0.25) is 5.88 Å². The Morgan fingerprint density at radius 3 is 2.13 bits per heavy atom. The van der Waals surface area contributed by atoms with Crippen molar-refractivity contribution in [1.29, 1.82) is 0 Å². The van der Waals surface area contributed by atoms with Gasteiger partial charge in [0, 0.05) is 27.9 Å². The Bertz CT molecular complexity index is 607. The fourth-order valence-electron chi connectivity index (χ4n) is 2.30. The molecule has 1 aromatic carbocycles. The average Bonchev–Trinajstić information content (AvgIpc) is 2.63. The van der Waals surface area contributed by atoms with Crippen LogP contribution in [0.15, 0.2) is 42.5 Å². The number of methoxy groups -OCH3 is 4. The molecule has 0 fully saturated rings. The molecule has 0 aliphatic heterocycles. The van der Waals surface area contributed by atoms with E-state index in [-0.39, 0.29) is 0 Å². The zero-order valence-electron chi connectivity index (χ0n) is 13.8. The van der Waals surface area contributed by atoms with Gasteiger partial charge in [0.1, 0.15) is 11.4 Å². The maximum Gasteiger partial charge on any atom is 0.316 e. The second-order valence-corrected chi connectivity index (χ2v) is 4.76. The second kappa shape index (κ2) is 7.92. The SMILES string of the molecule is COc1nc(NCc2ccccc2)ccc1C(OC)(OC)OC. The minimum atomic E-state index is -1.35. The standard InChI is InChI=1S/C17H22N2O4/c1-20-16-14(17(21-2,22-3)23-4)10-11-15(19-16)18-12-13-8-6-5-7-9-13/h5-11H,12H2,1-4H3,(H,18,19). The first kappa shape index (κ1) is 17.2. The Kier molecular flexibility index (Phi) is 5.92. The van der Waals surface area contributed by atoms with Gasteiger partial charge in [-0.3, -0.25) is 0 Å². The van der Waals surface area contributed by atoms with E-state index in [2.05, 4.69) is 10.3 Å². The molecule has 1 N–H and O–H groups in total. The van der Waals surface area contributed by atoms with Crippen molar-refractivity contribution in [3.05, 3.63) is 53.6 Å². The molecule has 23 heavy (non-hydrogen) atoms. The largest absolute Gasteiger partial charge is 0.481 e. The quantitative estimate of drug-likeness (QED) is 0.755. The summed E-state index contributed by atoms with van der Waals surface area (Å²) < 4.78 is 21.4. The normalized spacial score (nSPS) is 11.3. The van der Waals surface area contributed by atoms with Gasteiger partial charge in [-0.25, -0.2) is 0 Å². The lowest BCUT2D eigenvalue weighted by atomic mass is 10.2. The predicted molar refractivity (Wildman–Crippen MR) is 87.3 cm³/mol. The van der Waals surface area contributed by atoms with Gasteiger partial charge in [0.15, 0.2) is 0 Å². The summed E-state index contributed by atoms with van der Waals surface area (Å²) in [7, 11) is 6.02. The van der Waals surface area contributed by atoms with Crippen LogP contribution in [-0.2, 0) is 26.7 Å². The van der Waals surface area contributed by atoms with E-state index in [1.165, 1.54) is 21.3 Å². The highest BCUT2D eigenvalue weighted by molar-refractivity contribution is 5.43. The number of pyridine rings is 1. The molecule has 0 atom stereocenters. The van der Waals surface area contributed by atoms with Crippen molar-refractivity contribution in [2.24, 2.45) is 0 Å². The average molecular weight is 318 g/mol. The van der Waals surface area contributed by atoms with Crippen molar-refractivity contribution < 1.29 is 18.9 Å². The summed E-state index contributed by atoms with van der Waals surface area (Å²) >= 11 is 0. The third-order valence-electron chi connectivity index (χ3n) is 3.51. The highest BCUT2D eigenvalue weighted by Gasteiger charge is 2.36. The van der Waals surface area contributed by atoms with Crippen LogP contribution in [-0.4, -0.2) is 33.4 Å². The lowest BCUT2D eigenvalue weighted by molar-refractivity contribution is -0.365. The molecule has 2 rings (SSSR count). The number of aromatic nitrogens is 1. The molecule has 0 unspecified atom stereocenters. The molecule has 0 bridgehead atoms. The Hall–Kier alpha value is -2.15. The van der Waals surface area contributed by atoms with Crippen LogP contribution < -0.4 is 10.1 Å². The minimum absolute atomic E-state index is 0.369. The Labute approximate surface area is 136 Å². The van der Waals surface area contributed by atoms with E-state index < -0.39 is 5.97 Å². The fraction of sp³-hybridized carbons (Fsp3) is 0.353. The van der Waals surface area contributed by atoms with Crippen molar-refractivity contribution >= 4 is 5.82 Å². The van der Waals surface area contributed by atoms with Gasteiger partial charge >= 0.3 is 5.97 Å². The van der Waals surface area contributed by atoms with Crippen LogP contribution >= 0.6 is 0 Å². The fourth-order valence-corrected chi connectivity index (χ4v) is 2.30. The van der Waals surface area contributed by atoms with Gasteiger partial charge in [-0.1, -0.05) is 30.3 Å². The van der Waals surface area contributed by atoms with E-state index >= 15 is 0 Å². The number of nitrogens with one attached hydrogen (secondary N) is 1. The molecule has 124 valence electrons. The molecule has 2 aromatic rings. The van der Waals surface area contributed by atoms with E-state index in [0.29, 0.717) is 23.8 Å². The van der Waals surface area contributed by atoms with Crippen LogP contribution in [0.4, 0.5) is 5.82 Å². The van der Waals surface area contributed by atoms with Gasteiger partial charge in [-0.2, -0.15) is 4.98 Å². The first-order valence-corrected chi connectivity index (χ1v) is 7.18. The Morgan fingerprint density at radius 2 is 1.57 bits per heavy atom. The lowest BCUT2D eigenvalue weighted by Gasteiger charge is -2.29. The summed E-state index contributed by atoms with van der Waals surface area (Å²) in [5.41, 5.74) is 1.72. The van der Waals surface area contributed by atoms with Gasteiger partial charge in [-0.05, 0) is 17.7 Å². The van der Waals surface area contributed by atoms with Crippen molar-refractivity contribution in [1.82, 2.24) is 4.98 Å². The lowest BCUT2D eigenvalue weighted by Crippen LogP contribution is -2.33. The van der Waals surface area contributed by atoms with Crippen molar-refractivity contribution in [2.75, 3.05) is 33.8 Å². The number of benzene rings is 1. The molecule has 0 spiro atoms. The van der Waals surface area contributed by atoms with Crippen LogP contribution in [0, 0.1) is 0 Å². The topological polar surface area (TPSA) is 61.8 Å². The zero-order chi connectivity index (χ0) is 16.7. The summed E-state index contributed by atoms with van der Waals surface area (Å²) in [6.45, 7) is 0.667. The van der Waals surface area contributed by atoms with Crippen LogP contribution in [0.5, 0.6) is 5.88 Å². The van der Waals surface area contributed by atoms with Crippen LogP contribution in [0.25, 0.3) is 0 Å². The molecule has 0 saturated heterocycles. The summed E-state index contributed by atoms with van der Waals surface area (Å²) in [5, 5.41) is 3.25. The van der Waals surface area contributed by atoms with E-state index in [9.17, 15) is 0 Å². The molecule has 1 heterocycles. The second-order valence-electron chi connectivity index (χ2n) is 4.76. The zero-order valence-corrected chi connectivity index (χ0v) is 13.8.